The quantitative estimate of drug-likeness (QED) is 0.259. The maximum atomic E-state index is 13.4. The van der Waals surface area contributed by atoms with Crippen LogP contribution in [0.4, 0.5) is 4.39 Å². The topological polar surface area (TPSA) is 86.0 Å². The zero-order chi connectivity index (χ0) is 25.7. The number of methoxy groups -OCH3 is 1. The predicted molar refractivity (Wildman–Crippen MR) is 131 cm³/mol. The zero-order valence-electron chi connectivity index (χ0n) is 19.1. The Bertz CT molecular complexity index is 1460. The molecule has 0 saturated heterocycles. The minimum atomic E-state index is -4.27. The van der Waals surface area contributed by atoms with Gasteiger partial charge in [-0.25, -0.2) is 4.39 Å². The van der Waals surface area contributed by atoms with E-state index in [4.69, 9.17) is 24.9 Å². The highest BCUT2D eigenvalue weighted by Crippen LogP contribution is 2.32. The molecule has 0 N–H and O–H groups in total. The van der Waals surface area contributed by atoms with Gasteiger partial charge in [-0.15, -0.1) is 0 Å². The average Bonchev–Trinajstić information content (AvgIpc) is 3.37. The first-order valence-electron chi connectivity index (χ1n) is 10.7. The first kappa shape index (κ1) is 25.3. The predicted octanol–water partition coefficient (Wildman–Crippen LogP) is 5.69. The molecule has 1 heterocycles. The first-order valence-corrected chi connectivity index (χ1v) is 12.5. The molecule has 0 aliphatic heterocycles. The number of rotatable bonds is 9. The molecule has 7 nitrogen and oxygen atoms in total. The van der Waals surface area contributed by atoms with Crippen LogP contribution in [0.15, 0.2) is 94.4 Å². The highest BCUT2D eigenvalue weighted by atomic mass is 35.5. The summed E-state index contributed by atoms with van der Waals surface area (Å²) in [5, 5.41) is 0.302. The third-order valence-electron chi connectivity index (χ3n) is 5.22. The SMILES string of the molecule is COc1ccc(CN(Cc2ccco2)C(=O)c2ccccc2Cl)cc1OS(=O)(=O)c1ccc(F)cc1. The van der Waals surface area contributed by atoms with Crippen LogP contribution in [0, 0.1) is 5.82 Å². The van der Waals surface area contributed by atoms with Crippen molar-refractivity contribution in [3.63, 3.8) is 0 Å². The van der Waals surface area contributed by atoms with Crippen LogP contribution in [0.5, 0.6) is 11.5 Å². The number of hydrogen-bond donors (Lipinski definition) is 0. The van der Waals surface area contributed by atoms with Gasteiger partial charge in [-0.2, -0.15) is 8.42 Å². The van der Waals surface area contributed by atoms with E-state index in [1.54, 1.807) is 42.5 Å². The number of halogens is 2. The maximum Gasteiger partial charge on any atom is 0.339 e. The summed E-state index contributed by atoms with van der Waals surface area (Å²) in [5.74, 6) is -0.274. The lowest BCUT2D eigenvalue weighted by molar-refractivity contribution is 0.0717. The Balaban J connectivity index is 1.65. The number of ether oxygens (including phenoxy) is 1. The van der Waals surface area contributed by atoms with Crippen molar-refractivity contribution < 1.29 is 30.9 Å². The molecule has 4 aromatic rings. The molecule has 10 heteroatoms. The summed E-state index contributed by atoms with van der Waals surface area (Å²) in [6.07, 6.45) is 1.51. The minimum Gasteiger partial charge on any atom is -0.493 e. The van der Waals surface area contributed by atoms with Crippen molar-refractivity contribution >= 4 is 27.6 Å². The second-order valence-electron chi connectivity index (χ2n) is 7.70. The van der Waals surface area contributed by atoms with E-state index in [1.807, 2.05) is 0 Å². The fourth-order valence-corrected chi connectivity index (χ4v) is 4.62. The van der Waals surface area contributed by atoms with Crippen LogP contribution in [-0.4, -0.2) is 26.3 Å². The van der Waals surface area contributed by atoms with Crippen molar-refractivity contribution in [3.05, 3.63) is 113 Å². The Morgan fingerprint density at radius 2 is 1.72 bits per heavy atom. The minimum absolute atomic E-state index is 0.0810. The first-order chi connectivity index (χ1) is 17.3. The van der Waals surface area contributed by atoms with Gasteiger partial charge in [0.2, 0.25) is 0 Å². The molecule has 0 fully saturated rings. The standard InChI is InChI=1S/C26H21ClFNO6S/c1-33-24-13-8-18(15-25(24)35-36(31,32)21-11-9-19(28)10-12-21)16-29(17-20-5-4-14-34-20)26(30)22-6-2-3-7-23(22)27/h2-15H,16-17H2,1H3. The Morgan fingerprint density at radius 3 is 2.39 bits per heavy atom. The van der Waals surface area contributed by atoms with Gasteiger partial charge in [0.15, 0.2) is 11.5 Å². The Labute approximate surface area is 212 Å². The number of nitrogens with zero attached hydrogens (tertiary/aromatic N) is 1. The largest absolute Gasteiger partial charge is 0.493 e. The third-order valence-corrected chi connectivity index (χ3v) is 6.80. The van der Waals surface area contributed by atoms with Crippen LogP contribution in [0.25, 0.3) is 0 Å². The van der Waals surface area contributed by atoms with E-state index in [9.17, 15) is 17.6 Å². The van der Waals surface area contributed by atoms with Crippen molar-refractivity contribution in [1.82, 2.24) is 4.90 Å². The van der Waals surface area contributed by atoms with Crippen LogP contribution < -0.4 is 8.92 Å². The van der Waals surface area contributed by atoms with Gasteiger partial charge in [-0.1, -0.05) is 29.8 Å². The summed E-state index contributed by atoms with van der Waals surface area (Å²) in [6.45, 7) is 0.231. The lowest BCUT2D eigenvalue weighted by Gasteiger charge is -2.23. The van der Waals surface area contributed by atoms with E-state index in [-0.39, 0.29) is 35.4 Å². The molecule has 0 bridgehead atoms. The van der Waals surface area contributed by atoms with E-state index >= 15 is 0 Å². The van der Waals surface area contributed by atoms with Gasteiger partial charge < -0.3 is 18.2 Å². The van der Waals surface area contributed by atoms with Gasteiger partial charge in [0, 0.05) is 6.54 Å². The van der Waals surface area contributed by atoms with Crippen LogP contribution in [0.3, 0.4) is 0 Å². The summed E-state index contributed by atoms with van der Waals surface area (Å²) in [7, 11) is -2.90. The molecule has 0 aliphatic carbocycles. The lowest BCUT2D eigenvalue weighted by Crippen LogP contribution is -2.30. The number of hydrogen-bond acceptors (Lipinski definition) is 6. The zero-order valence-corrected chi connectivity index (χ0v) is 20.6. The fraction of sp³-hybridized carbons (Fsp3) is 0.115. The second-order valence-corrected chi connectivity index (χ2v) is 9.65. The summed E-state index contributed by atoms with van der Waals surface area (Å²) in [4.78, 5) is 14.7. The maximum absolute atomic E-state index is 13.4. The van der Waals surface area contributed by atoms with E-state index in [0.29, 0.717) is 21.9 Å². The van der Waals surface area contributed by atoms with E-state index < -0.39 is 15.9 Å². The van der Waals surface area contributed by atoms with E-state index in [0.717, 1.165) is 24.3 Å². The molecule has 36 heavy (non-hydrogen) atoms. The second kappa shape index (κ2) is 10.8. The third kappa shape index (κ3) is 5.87. The molecule has 0 atom stereocenters. The summed E-state index contributed by atoms with van der Waals surface area (Å²) >= 11 is 6.26. The average molecular weight is 530 g/mol. The molecule has 0 radical (unpaired) electrons. The van der Waals surface area contributed by atoms with Gasteiger partial charge in [0.05, 0.1) is 30.5 Å². The molecular weight excluding hydrogens is 509 g/mol. The van der Waals surface area contributed by atoms with Gasteiger partial charge >= 0.3 is 10.1 Å². The molecular formula is C26H21ClFNO6S. The number of benzene rings is 3. The molecule has 0 aliphatic rings. The Morgan fingerprint density at radius 1 is 0.972 bits per heavy atom. The molecule has 0 saturated carbocycles. The fourth-order valence-electron chi connectivity index (χ4n) is 3.47. The summed E-state index contributed by atoms with van der Waals surface area (Å²) < 4.78 is 54.8. The van der Waals surface area contributed by atoms with Crippen molar-refractivity contribution in [2.24, 2.45) is 0 Å². The van der Waals surface area contributed by atoms with Crippen LogP contribution in [-0.2, 0) is 23.2 Å². The van der Waals surface area contributed by atoms with Crippen LogP contribution in [0.2, 0.25) is 5.02 Å². The smallest absolute Gasteiger partial charge is 0.339 e. The van der Waals surface area contributed by atoms with Gasteiger partial charge in [-0.05, 0) is 66.2 Å². The summed E-state index contributed by atoms with van der Waals surface area (Å²) in [6, 6.07) is 19.1. The molecule has 3 aromatic carbocycles. The normalized spacial score (nSPS) is 11.2. The molecule has 1 amide bonds. The molecule has 0 unspecified atom stereocenters. The van der Waals surface area contributed by atoms with Crippen LogP contribution in [0.1, 0.15) is 21.7 Å². The Hall–Kier alpha value is -3.82. The molecule has 186 valence electrons. The van der Waals surface area contributed by atoms with Gasteiger partial charge in [0.1, 0.15) is 16.5 Å². The molecule has 0 spiro atoms. The summed E-state index contributed by atoms with van der Waals surface area (Å²) in [5.41, 5.74) is 0.877. The van der Waals surface area contributed by atoms with E-state index in [2.05, 4.69) is 0 Å². The number of carbonyl (C=O) groups is 1. The van der Waals surface area contributed by atoms with Crippen molar-refractivity contribution in [2.45, 2.75) is 18.0 Å². The van der Waals surface area contributed by atoms with Gasteiger partial charge in [0.25, 0.3) is 5.91 Å². The number of furan rings is 1. The molecule has 4 rings (SSSR count). The van der Waals surface area contributed by atoms with Crippen molar-refractivity contribution in [3.8, 4) is 11.5 Å². The van der Waals surface area contributed by atoms with Crippen molar-refractivity contribution in [2.75, 3.05) is 7.11 Å². The molecule has 1 aromatic heterocycles. The lowest BCUT2D eigenvalue weighted by atomic mass is 10.1. The van der Waals surface area contributed by atoms with Crippen LogP contribution >= 0.6 is 11.6 Å². The monoisotopic (exact) mass is 529 g/mol. The number of amides is 1. The number of carbonyl (C=O) groups excluding carboxylic acids is 1. The van der Waals surface area contributed by atoms with Crippen molar-refractivity contribution in [1.29, 1.82) is 0 Å². The highest BCUT2D eigenvalue weighted by Gasteiger charge is 2.23. The van der Waals surface area contributed by atoms with E-state index in [1.165, 1.54) is 30.4 Å². The Kier molecular flexibility index (Phi) is 7.61. The van der Waals surface area contributed by atoms with Gasteiger partial charge in [-0.3, -0.25) is 4.79 Å². The highest BCUT2D eigenvalue weighted by molar-refractivity contribution is 7.87.